The van der Waals surface area contributed by atoms with Gasteiger partial charge in [-0.15, -0.1) is 0 Å². The lowest BCUT2D eigenvalue weighted by molar-refractivity contribution is -0.276. The van der Waals surface area contributed by atoms with Crippen molar-refractivity contribution < 1.29 is 19.4 Å². The second-order valence-corrected chi connectivity index (χ2v) is 13.6. The number of ether oxygens (including phenoxy) is 2. The summed E-state index contributed by atoms with van der Waals surface area (Å²) >= 11 is 0. The third kappa shape index (κ3) is 8.61. The zero-order valence-electron chi connectivity index (χ0n) is 29.1. The molecule has 5 aromatic rings. The molecule has 8 nitrogen and oxygen atoms in total. The smallest absolute Gasteiger partial charge is 0.253 e. The number of hydrogen-bond donors (Lipinski definition) is 2. The number of benzene rings is 4. The number of pyridine rings is 1. The second kappa shape index (κ2) is 16.5. The lowest BCUT2D eigenvalue weighted by atomic mass is 9.89. The summed E-state index contributed by atoms with van der Waals surface area (Å²) in [5.41, 5.74) is 7.95. The summed E-state index contributed by atoms with van der Waals surface area (Å²) < 4.78 is 13.6. The molecular weight excluding hydrogens is 636 g/mol. The first-order valence-corrected chi connectivity index (χ1v) is 17.9. The van der Waals surface area contributed by atoms with Crippen LogP contribution in [0.3, 0.4) is 0 Å². The fourth-order valence-corrected chi connectivity index (χ4v) is 7.10. The first-order valence-electron chi connectivity index (χ1n) is 17.9. The number of aliphatic hydroxyl groups excluding tert-OH is 1. The third-order valence-electron chi connectivity index (χ3n) is 10.1. The van der Waals surface area contributed by atoms with Crippen LogP contribution in [0.15, 0.2) is 128 Å². The highest BCUT2D eigenvalue weighted by Crippen LogP contribution is 2.42. The summed E-state index contributed by atoms with van der Waals surface area (Å²) in [6.45, 7) is 8.50. The Hall–Kier alpha value is -4.70. The van der Waals surface area contributed by atoms with Gasteiger partial charge in [-0.25, -0.2) is 0 Å². The molecule has 2 aliphatic heterocycles. The van der Waals surface area contributed by atoms with Crippen molar-refractivity contribution in [2.45, 2.75) is 45.1 Å². The molecular formula is C43H46N4O4. The Morgan fingerprint density at radius 3 is 2.22 bits per heavy atom. The van der Waals surface area contributed by atoms with Gasteiger partial charge in [0.25, 0.3) is 5.91 Å². The minimum atomic E-state index is -0.531. The Balaban J connectivity index is 1.06. The molecule has 3 heterocycles. The molecule has 7 rings (SSSR count). The van der Waals surface area contributed by atoms with Crippen molar-refractivity contribution in [2.75, 3.05) is 32.7 Å². The number of aliphatic hydroxyl groups is 1. The summed E-state index contributed by atoms with van der Waals surface area (Å²) in [4.78, 5) is 21.8. The average Bonchev–Trinajstić information content (AvgIpc) is 3.19. The Morgan fingerprint density at radius 2 is 1.49 bits per heavy atom. The third-order valence-corrected chi connectivity index (χ3v) is 10.1. The SMILES string of the molecule is C[C@@H]1[C@H](CN2CCN(Cc3ccccc3)CC2)O[C@H](c2ccc(-c3ccccc3CNC(=O)c3cccnc3)cc2)O[C@@H]1c1ccc(CO)cc1. The van der Waals surface area contributed by atoms with Crippen LogP contribution in [0.25, 0.3) is 11.1 Å². The standard InChI is InChI=1S/C43H46N4O4/c1-31-40(29-47-24-22-46(23-25-47)28-32-8-3-2-4-9-32)50-43(51-41(31)35-15-13-33(30-48)14-16-35)36-19-17-34(18-20-36)39-12-6-5-10-37(39)27-45-42(49)38-11-7-21-44-26-38/h2-21,26,31,40-41,43,48H,22-25,27-30H2,1H3,(H,45,49)/t31-,40+,41+,43+/m1/s1. The van der Waals surface area contributed by atoms with Crippen LogP contribution in [0.5, 0.6) is 0 Å². The van der Waals surface area contributed by atoms with Crippen molar-refractivity contribution >= 4 is 5.91 Å². The summed E-state index contributed by atoms with van der Waals surface area (Å²) in [6.07, 6.45) is 2.50. The van der Waals surface area contributed by atoms with Crippen LogP contribution < -0.4 is 5.32 Å². The molecule has 0 radical (unpaired) electrons. The van der Waals surface area contributed by atoms with Gasteiger partial charge in [0.15, 0.2) is 6.29 Å². The molecule has 0 bridgehead atoms. The van der Waals surface area contributed by atoms with Gasteiger partial charge in [-0.05, 0) is 45.5 Å². The van der Waals surface area contributed by atoms with Gasteiger partial charge in [0, 0.05) is 69.7 Å². The maximum absolute atomic E-state index is 12.7. The van der Waals surface area contributed by atoms with E-state index in [-0.39, 0.29) is 30.6 Å². The van der Waals surface area contributed by atoms with E-state index in [0.717, 1.165) is 72.6 Å². The molecule has 1 amide bonds. The predicted octanol–water partition coefficient (Wildman–Crippen LogP) is 6.78. The molecule has 2 fully saturated rings. The van der Waals surface area contributed by atoms with E-state index in [1.807, 2.05) is 30.3 Å². The number of carbonyl (C=O) groups is 1. The molecule has 4 atom stereocenters. The Labute approximate surface area is 300 Å². The average molecular weight is 683 g/mol. The van der Waals surface area contributed by atoms with Crippen LogP contribution in [0, 0.1) is 5.92 Å². The number of piperazine rings is 1. The number of hydrogen-bond acceptors (Lipinski definition) is 7. The van der Waals surface area contributed by atoms with Crippen molar-refractivity contribution in [3.63, 3.8) is 0 Å². The number of nitrogens with one attached hydrogen (secondary N) is 1. The Kier molecular flexibility index (Phi) is 11.3. The van der Waals surface area contributed by atoms with E-state index in [9.17, 15) is 9.90 Å². The van der Waals surface area contributed by atoms with Crippen molar-refractivity contribution in [2.24, 2.45) is 5.92 Å². The Bertz CT molecular complexity index is 1850. The normalized spacial score (nSPS) is 21.3. The first kappa shape index (κ1) is 34.7. The van der Waals surface area contributed by atoms with Gasteiger partial charge in [-0.2, -0.15) is 0 Å². The Morgan fingerprint density at radius 1 is 0.784 bits per heavy atom. The van der Waals surface area contributed by atoms with Crippen LogP contribution in [0.4, 0.5) is 0 Å². The van der Waals surface area contributed by atoms with Crippen LogP contribution in [0.2, 0.25) is 0 Å². The number of nitrogens with zero attached hydrogens (tertiary/aromatic N) is 3. The lowest BCUT2D eigenvalue weighted by Gasteiger charge is -2.44. The summed E-state index contributed by atoms with van der Waals surface area (Å²) in [7, 11) is 0. The molecule has 0 spiro atoms. The molecule has 262 valence electrons. The molecule has 8 heteroatoms. The highest BCUT2D eigenvalue weighted by molar-refractivity contribution is 5.93. The second-order valence-electron chi connectivity index (χ2n) is 13.6. The summed E-state index contributed by atoms with van der Waals surface area (Å²) in [5, 5.41) is 12.7. The molecule has 4 aromatic carbocycles. The quantitative estimate of drug-likeness (QED) is 0.159. The number of rotatable bonds is 11. The van der Waals surface area contributed by atoms with Gasteiger partial charge in [0.2, 0.25) is 0 Å². The van der Waals surface area contributed by atoms with Crippen molar-refractivity contribution in [3.05, 3.63) is 161 Å². The largest absolute Gasteiger partial charge is 0.392 e. The van der Waals surface area contributed by atoms with Crippen molar-refractivity contribution in [1.82, 2.24) is 20.1 Å². The van der Waals surface area contributed by atoms with Crippen molar-refractivity contribution in [1.29, 1.82) is 0 Å². The zero-order chi connectivity index (χ0) is 35.0. The number of carbonyl (C=O) groups excluding carboxylic acids is 1. The van der Waals surface area contributed by atoms with Gasteiger partial charge >= 0.3 is 0 Å². The van der Waals surface area contributed by atoms with Crippen LogP contribution >= 0.6 is 0 Å². The van der Waals surface area contributed by atoms with Gasteiger partial charge in [-0.1, -0.05) is 110 Å². The molecule has 0 aliphatic carbocycles. The summed E-state index contributed by atoms with van der Waals surface area (Å²) in [6, 6.07) is 38.8. The number of aromatic nitrogens is 1. The molecule has 2 saturated heterocycles. The molecule has 1 aromatic heterocycles. The van der Waals surface area contributed by atoms with E-state index >= 15 is 0 Å². The zero-order valence-corrected chi connectivity index (χ0v) is 29.1. The fraction of sp³-hybridized carbons (Fsp3) is 0.302. The van der Waals surface area contributed by atoms with E-state index in [4.69, 9.17) is 9.47 Å². The van der Waals surface area contributed by atoms with E-state index in [0.29, 0.717) is 12.1 Å². The molecule has 51 heavy (non-hydrogen) atoms. The van der Waals surface area contributed by atoms with Crippen molar-refractivity contribution in [3.8, 4) is 11.1 Å². The lowest BCUT2D eigenvalue weighted by Crippen LogP contribution is -2.51. The maximum atomic E-state index is 12.7. The topological polar surface area (TPSA) is 87.2 Å². The van der Waals surface area contributed by atoms with Crippen LogP contribution in [0.1, 0.15) is 57.5 Å². The molecule has 2 aliphatic rings. The van der Waals surface area contributed by atoms with Gasteiger partial charge < -0.3 is 19.9 Å². The molecule has 0 unspecified atom stereocenters. The predicted molar refractivity (Wildman–Crippen MR) is 198 cm³/mol. The van der Waals surface area contributed by atoms with Crippen LogP contribution in [-0.2, 0) is 29.2 Å². The highest BCUT2D eigenvalue weighted by atomic mass is 16.7. The monoisotopic (exact) mass is 682 g/mol. The number of amides is 1. The minimum Gasteiger partial charge on any atom is -0.392 e. The highest BCUT2D eigenvalue weighted by Gasteiger charge is 2.39. The van der Waals surface area contributed by atoms with E-state index in [2.05, 4.69) is 99.8 Å². The van der Waals surface area contributed by atoms with E-state index in [1.54, 1.807) is 24.5 Å². The van der Waals surface area contributed by atoms with E-state index in [1.165, 1.54) is 5.56 Å². The maximum Gasteiger partial charge on any atom is 0.253 e. The van der Waals surface area contributed by atoms with E-state index < -0.39 is 6.29 Å². The molecule has 2 N–H and O–H groups in total. The fourth-order valence-electron chi connectivity index (χ4n) is 7.10. The first-order chi connectivity index (χ1) is 25.0. The van der Waals surface area contributed by atoms with Crippen LogP contribution in [-0.4, -0.2) is 64.6 Å². The van der Waals surface area contributed by atoms with Gasteiger partial charge in [-0.3, -0.25) is 19.6 Å². The summed E-state index contributed by atoms with van der Waals surface area (Å²) in [5.74, 6) is -0.0325. The van der Waals surface area contributed by atoms with Gasteiger partial charge in [0.1, 0.15) is 0 Å². The molecule has 0 saturated carbocycles. The minimum absolute atomic E-state index is 0.0122. The van der Waals surface area contributed by atoms with Gasteiger partial charge in [0.05, 0.1) is 24.4 Å².